The molecule has 0 saturated carbocycles. The third-order valence-electron chi connectivity index (χ3n) is 5.45. The number of fused-ring (bicyclic) bond motifs is 1. The van der Waals surface area contributed by atoms with Gasteiger partial charge in [0.15, 0.2) is 5.69 Å². The van der Waals surface area contributed by atoms with Crippen molar-refractivity contribution in [2.75, 3.05) is 32.7 Å². The van der Waals surface area contributed by atoms with Gasteiger partial charge in [-0.3, -0.25) is 19.5 Å². The normalized spacial score (nSPS) is 13.9. The number of hydrogen-bond acceptors (Lipinski definition) is 4. The SMILES string of the molecule is O=C(NCC(=O)N1CCN(C(=O)c2cc(F)ccc2CF)CC1)c1n[nH]c2ccccc12. The first-order valence-corrected chi connectivity index (χ1v) is 10.1. The van der Waals surface area contributed by atoms with Crippen LogP contribution in [0.4, 0.5) is 8.78 Å². The first-order valence-electron chi connectivity index (χ1n) is 10.1. The molecular weight excluding hydrogens is 420 g/mol. The predicted octanol–water partition coefficient (Wildman–Crippen LogP) is 1.89. The van der Waals surface area contributed by atoms with Crippen molar-refractivity contribution in [1.82, 2.24) is 25.3 Å². The number of amides is 3. The van der Waals surface area contributed by atoms with E-state index in [1.54, 1.807) is 18.2 Å². The summed E-state index contributed by atoms with van der Waals surface area (Å²) in [6.07, 6.45) is 0. The standard InChI is InChI=1S/C22H21F2N5O3/c23-12-14-5-6-15(24)11-17(14)22(32)29-9-7-28(8-10-29)19(30)13-25-21(31)20-16-3-1-2-4-18(16)26-27-20/h1-6,11H,7-10,12-13H2,(H,25,31)(H,26,27). The van der Waals surface area contributed by atoms with Gasteiger partial charge in [-0.25, -0.2) is 8.78 Å². The third kappa shape index (κ3) is 4.29. The maximum absolute atomic E-state index is 13.5. The molecule has 2 N–H and O–H groups in total. The molecule has 1 fully saturated rings. The van der Waals surface area contributed by atoms with Crippen LogP contribution in [0.3, 0.4) is 0 Å². The summed E-state index contributed by atoms with van der Waals surface area (Å²) in [5.41, 5.74) is 1.05. The average Bonchev–Trinajstić information content (AvgIpc) is 3.26. The number of carbonyl (C=O) groups is 3. The quantitative estimate of drug-likeness (QED) is 0.632. The number of alkyl halides is 1. The van der Waals surface area contributed by atoms with Gasteiger partial charge in [-0.2, -0.15) is 5.10 Å². The topological polar surface area (TPSA) is 98.4 Å². The minimum Gasteiger partial charge on any atom is -0.342 e. The highest BCUT2D eigenvalue weighted by atomic mass is 19.1. The van der Waals surface area contributed by atoms with Gasteiger partial charge < -0.3 is 15.1 Å². The van der Waals surface area contributed by atoms with Gasteiger partial charge in [0.1, 0.15) is 12.5 Å². The van der Waals surface area contributed by atoms with Crippen molar-refractivity contribution in [3.05, 3.63) is 65.1 Å². The van der Waals surface area contributed by atoms with Gasteiger partial charge in [0.05, 0.1) is 12.1 Å². The van der Waals surface area contributed by atoms with E-state index in [0.29, 0.717) is 5.39 Å². The molecule has 0 unspecified atom stereocenters. The highest BCUT2D eigenvalue weighted by Crippen LogP contribution is 2.17. The molecule has 4 rings (SSSR count). The van der Waals surface area contributed by atoms with Crippen LogP contribution in [0, 0.1) is 5.82 Å². The van der Waals surface area contributed by atoms with E-state index < -0.39 is 24.3 Å². The highest BCUT2D eigenvalue weighted by molar-refractivity contribution is 6.05. The lowest BCUT2D eigenvalue weighted by atomic mass is 10.1. The van der Waals surface area contributed by atoms with Gasteiger partial charge >= 0.3 is 0 Å². The molecule has 0 atom stereocenters. The van der Waals surface area contributed by atoms with E-state index >= 15 is 0 Å². The third-order valence-corrected chi connectivity index (χ3v) is 5.45. The summed E-state index contributed by atoms with van der Waals surface area (Å²) < 4.78 is 26.7. The molecule has 2 aromatic carbocycles. The van der Waals surface area contributed by atoms with Crippen molar-refractivity contribution in [2.24, 2.45) is 0 Å². The van der Waals surface area contributed by atoms with E-state index in [2.05, 4.69) is 15.5 Å². The lowest BCUT2D eigenvalue weighted by Crippen LogP contribution is -2.52. The summed E-state index contributed by atoms with van der Waals surface area (Å²) in [5.74, 6) is -1.84. The number of H-pyrrole nitrogens is 1. The summed E-state index contributed by atoms with van der Waals surface area (Å²) in [6, 6.07) is 10.6. The Labute approximate surface area is 182 Å². The van der Waals surface area contributed by atoms with E-state index in [1.165, 1.54) is 15.9 Å². The Kier molecular flexibility index (Phi) is 6.11. The zero-order chi connectivity index (χ0) is 22.7. The number of nitrogens with zero attached hydrogens (tertiary/aromatic N) is 3. The fourth-order valence-electron chi connectivity index (χ4n) is 3.68. The van der Waals surface area contributed by atoms with Crippen molar-refractivity contribution < 1.29 is 23.2 Å². The van der Waals surface area contributed by atoms with Gasteiger partial charge in [-0.05, 0) is 23.8 Å². The fourth-order valence-corrected chi connectivity index (χ4v) is 3.68. The molecule has 10 heteroatoms. The Morgan fingerprint density at radius 3 is 2.50 bits per heavy atom. The zero-order valence-electron chi connectivity index (χ0n) is 17.1. The zero-order valence-corrected chi connectivity index (χ0v) is 17.1. The van der Waals surface area contributed by atoms with E-state index in [4.69, 9.17) is 0 Å². The number of aromatic nitrogens is 2. The second-order valence-corrected chi connectivity index (χ2v) is 7.41. The second-order valence-electron chi connectivity index (χ2n) is 7.41. The monoisotopic (exact) mass is 441 g/mol. The molecule has 166 valence electrons. The Balaban J connectivity index is 1.31. The van der Waals surface area contributed by atoms with Gasteiger partial charge in [0.2, 0.25) is 5.91 Å². The summed E-state index contributed by atoms with van der Waals surface area (Å²) >= 11 is 0. The number of benzene rings is 2. The molecule has 32 heavy (non-hydrogen) atoms. The van der Waals surface area contributed by atoms with E-state index in [0.717, 1.165) is 17.6 Å². The average molecular weight is 441 g/mol. The summed E-state index contributed by atoms with van der Waals surface area (Å²) in [5, 5.41) is 10.0. The molecule has 1 aliphatic heterocycles. The van der Waals surface area contributed by atoms with E-state index in [-0.39, 0.29) is 55.5 Å². The van der Waals surface area contributed by atoms with Crippen LogP contribution >= 0.6 is 0 Å². The predicted molar refractivity (Wildman–Crippen MR) is 112 cm³/mol. The van der Waals surface area contributed by atoms with Crippen LogP contribution in [0.2, 0.25) is 0 Å². The minimum atomic E-state index is -0.870. The fraction of sp³-hybridized carbons (Fsp3) is 0.273. The summed E-state index contributed by atoms with van der Waals surface area (Å²) in [7, 11) is 0. The van der Waals surface area contributed by atoms with Gasteiger partial charge in [-0.15, -0.1) is 0 Å². The van der Waals surface area contributed by atoms with Crippen LogP contribution in [0.5, 0.6) is 0 Å². The summed E-state index contributed by atoms with van der Waals surface area (Å²) in [4.78, 5) is 40.6. The molecule has 0 aliphatic carbocycles. The lowest BCUT2D eigenvalue weighted by Gasteiger charge is -2.35. The van der Waals surface area contributed by atoms with Crippen LogP contribution < -0.4 is 5.32 Å². The number of piperazine rings is 1. The van der Waals surface area contributed by atoms with Crippen molar-refractivity contribution in [3.63, 3.8) is 0 Å². The molecule has 3 amide bonds. The number of para-hydroxylation sites is 1. The molecule has 8 nitrogen and oxygen atoms in total. The molecule has 0 radical (unpaired) electrons. The van der Waals surface area contributed by atoms with Crippen molar-refractivity contribution in [2.45, 2.75) is 6.67 Å². The van der Waals surface area contributed by atoms with Crippen LogP contribution in [-0.2, 0) is 11.5 Å². The van der Waals surface area contributed by atoms with Crippen LogP contribution in [0.25, 0.3) is 10.9 Å². The summed E-state index contributed by atoms with van der Waals surface area (Å²) in [6.45, 7) is -0.109. The first kappa shape index (κ1) is 21.4. The van der Waals surface area contributed by atoms with Crippen LogP contribution in [0.15, 0.2) is 42.5 Å². The minimum absolute atomic E-state index is 0.00855. The molecule has 1 aliphatic rings. The molecule has 0 bridgehead atoms. The number of hydrogen-bond donors (Lipinski definition) is 2. The number of aromatic amines is 1. The largest absolute Gasteiger partial charge is 0.342 e. The maximum Gasteiger partial charge on any atom is 0.272 e. The maximum atomic E-state index is 13.5. The molecule has 0 spiro atoms. The Morgan fingerprint density at radius 1 is 1.03 bits per heavy atom. The van der Waals surface area contributed by atoms with Crippen LogP contribution in [-0.4, -0.2) is 70.4 Å². The molecule has 3 aromatic rings. The first-order chi connectivity index (χ1) is 15.5. The number of halogens is 2. The van der Waals surface area contributed by atoms with Gasteiger partial charge in [0.25, 0.3) is 11.8 Å². The van der Waals surface area contributed by atoms with Crippen LogP contribution in [0.1, 0.15) is 26.4 Å². The number of carbonyl (C=O) groups excluding carboxylic acids is 3. The molecule has 2 heterocycles. The lowest BCUT2D eigenvalue weighted by molar-refractivity contribution is -0.131. The van der Waals surface area contributed by atoms with Crippen molar-refractivity contribution >= 4 is 28.6 Å². The van der Waals surface area contributed by atoms with E-state index in [9.17, 15) is 23.2 Å². The second kappa shape index (κ2) is 9.13. The van der Waals surface area contributed by atoms with Gasteiger partial charge in [-0.1, -0.05) is 24.3 Å². The molecular formula is C22H21F2N5O3. The van der Waals surface area contributed by atoms with Crippen molar-refractivity contribution in [1.29, 1.82) is 0 Å². The number of nitrogens with one attached hydrogen (secondary N) is 2. The molecule has 1 aromatic heterocycles. The Bertz CT molecular complexity index is 1170. The van der Waals surface area contributed by atoms with Crippen molar-refractivity contribution in [3.8, 4) is 0 Å². The highest BCUT2D eigenvalue weighted by Gasteiger charge is 2.27. The smallest absolute Gasteiger partial charge is 0.272 e. The number of rotatable bonds is 5. The Morgan fingerprint density at radius 2 is 1.75 bits per heavy atom. The molecule has 1 saturated heterocycles. The van der Waals surface area contributed by atoms with Gasteiger partial charge in [0, 0.05) is 37.1 Å². The van der Waals surface area contributed by atoms with E-state index in [1.807, 2.05) is 6.07 Å². The Hall–Kier alpha value is -3.82.